The Kier molecular flexibility index (Phi) is 3.87. The lowest BCUT2D eigenvalue weighted by Gasteiger charge is -2.40. The van der Waals surface area contributed by atoms with E-state index in [1.807, 2.05) is 0 Å². The van der Waals surface area contributed by atoms with Gasteiger partial charge in [0, 0.05) is 25.0 Å². The quantitative estimate of drug-likeness (QED) is 0.736. The van der Waals surface area contributed by atoms with Gasteiger partial charge in [-0.2, -0.15) is 0 Å². The summed E-state index contributed by atoms with van der Waals surface area (Å²) in [6, 6.07) is 0. The van der Waals surface area contributed by atoms with Crippen molar-refractivity contribution in [3.63, 3.8) is 0 Å². The monoisotopic (exact) mass is 256 g/mol. The van der Waals surface area contributed by atoms with Gasteiger partial charge in [0.15, 0.2) is 0 Å². The Hall–Kier alpha value is -1.14. The second-order valence-corrected chi connectivity index (χ2v) is 5.32. The minimum atomic E-state index is -0.899. The number of nitrogens with zero attached hydrogens (tertiary/aromatic N) is 1. The zero-order valence-electron chi connectivity index (χ0n) is 10.4. The number of carbonyl (C=O) groups excluding carboxylic acids is 1. The van der Waals surface area contributed by atoms with Crippen LogP contribution in [0.3, 0.4) is 0 Å². The summed E-state index contributed by atoms with van der Waals surface area (Å²) in [6.07, 6.45) is 2.82. The first-order chi connectivity index (χ1) is 8.48. The minimum absolute atomic E-state index is 0.0240. The molecule has 0 aromatic rings. The average molecular weight is 256 g/mol. The van der Waals surface area contributed by atoms with Crippen LogP contribution in [0.1, 0.15) is 32.1 Å². The Labute approximate surface area is 106 Å². The van der Waals surface area contributed by atoms with Crippen LogP contribution in [-0.4, -0.2) is 53.2 Å². The van der Waals surface area contributed by atoms with E-state index in [2.05, 4.69) is 0 Å². The SMILES string of the molecule is NC1(CC(=O)N2CCOC(CC(=O)O)C2)CCC1. The van der Waals surface area contributed by atoms with Crippen LogP contribution in [0.4, 0.5) is 0 Å². The third-order valence-corrected chi connectivity index (χ3v) is 3.75. The Bertz CT molecular complexity index is 341. The summed E-state index contributed by atoms with van der Waals surface area (Å²) in [7, 11) is 0. The van der Waals surface area contributed by atoms with E-state index in [1.165, 1.54) is 0 Å². The van der Waals surface area contributed by atoms with Crippen LogP contribution in [0.25, 0.3) is 0 Å². The van der Waals surface area contributed by atoms with Crippen molar-refractivity contribution in [2.75, 3.05) is 19.7 Å². The lowest BCUT2D eigenvalue weighted by molar-refractivity contribution is -0.148. The van der Waals surface area contributed by atoms with Gasteiger partial charge in [0.1, 0.15) is 0 Å². The van der Waals surface area contributed by atoms with E-state index in [-0.39, 0.29) is 17.9 Å². The fraction of sp³-hybridized carbons (Fsp3) is 0.833. The van der Waals surface area contributed by atoms with Crippen molar-refractivity contribution < 1.29 is 19.4 Å². The van der Waals surface area contributed by atoms with Crippen molar-refractivity contribution in [1.82, 2.24) is 4.90 Å². The Balaban J connectivity index is 1.84. The number of ether oxygens (including phenoxy) is 1. The molecule has 1 aliphatic heterocycles. The first kappa shape index (κ1) is 13.3. The number of rotatable bonds is 4. The third kappa shape index (κ3) is 3.20. The highest BCUT2D eigenvalue weighted by Gasteiger charge is 2.37. The van der Waals surface area contributed by atoms with Crippen LogP contribution >= 0.6 is 0 Å². The van der Waals surface area contributed by atoms with Crippen molar-refractivity contribution in [3.8, 4) is 0 Å². The average Bonchev–Trinajstić information content (AvgIpc) is 2.26. The zero-order valence-corrected chi connectivity index (χ0v) is 10.4. The molecule has 102 valence electrons. The molecule has 6 nitrogen and oxygen atoms in total. The van der Waals surface area contributed by atoms with E-state index in [0.717, 1.165) is 19.3 Å². The Morgan fingerprint density at radius 1 is 1.44 bits per heavy atom. The van der Waals surface area contributed by atoms with Crippen LogP contribution in [-0.2, 0) is 14.3 Å². The van der Waals surface area contributed by atoms with Gasteiger partial charge in [0.25, 0.3) is 0 Å². The molecule has 1 saturated carbocycles. The van der Waals surface area contributed by atoms with Crippen molar-refractivity contribution >= 4 is 11.9 Å². The van der Waals surface area contributed by atoms with E-state index in [9.17, 15) is 9.59 Å². The van der Waals surface area contributed by atoms with Crippen molar-refractivity contribution in [2.24, 2.45) is 5.73 Å². The number of nitrogens with two attached hydrogens (primary N) is 1. The maximum absolute atomic E-state index is 12.1. The fourth-order valence-electron chi connectivity index (χ4n) is 2.48. The molecule has 18 heavy (non-hydrogen) atoms. The molecule has 1 atom stereocenters. The summed E-state index contributed by atoms with van der Waals surface area (Å²) in [6.45, 7) is 1.30. The molecule has 2 rings (SSSR count). The fourth-order valence-corrected chi connectivity index (χ4v) is 2.48. The maximum Gasteiger partial charge on any atom is 0.306 e. The largest absolute Gasteiger partial charge is 0.481 e. The standard InChI is InChI=1S/C12H20N2O4/c13-12(2-1-3-12)7-10(15)14-4-5-18-9(8-14)6-11(16)17/h9H,1-8,13H2,(H,16,17). The summed E-state index contributed by atoms with van der Waals surface area (Å²) in [5.41, 5.74) is 5.73. The number of aliphatic carboxylic acids is 1. The lowest BCUT2D eigenvalue weighted by atomic mass is 9.75. The van der Waals surface area contributed by atoms with Gasteiger partial charge in [-0.1, -0.05) is 0 Å². The molecule has 3 N–H and O–H groups in total. The molecule has 1 amide bonds. The molecule has 0 spiro atoms. The van der Waals surface area contributed by atoms with E-state index in [0.29, 0.717) is 26.1 Å². The molecule has 0 radical (unpaired) electrons. The van der Waals surface area contributed by atoms with Gasteiger partial charge >= 0.3 is 5.97 Å². The molecule has 2 fully saturated rings. The maximum atomic E-state index is 12.1. The summed E-state index contributed by atoms with van der Waals surface area (Å²) < 4.78 is 5.33. The van der Waals surface area contributed by atoms with Crippen LogP contribution in [0.15, 0.2) is 0 Å². The first-order valence-corrected chi connectivity index (χ1v) is 6.39. The molecule has 1 aliphatic carbocycles. The summed E-state index contributed by atoms with van der Waals surface area (Å²) in [4.78, 5) is 24.4. The highest BCUT2D eigenvalue weighted by Crippen LogP contribution is 2.32. The number of carboxylic acid groups (broad SMARTS) is 1. The summed E-state index contributed by atoms with van der Waals surface area (Å²) >= 11 is 0. The molecular weight excluding hydrogens is 236 g/mol. The van der Waals surface area contributed by atoms with Crippen molar-refractivity contribution in [3.05, 3.63) is 0 Å². The van der Waals surface area contributed by atoms with E-state index < -0.39 is 12.1 Å². The third-order valence-electron chi connectivity index (χ3n) is 3.75. The zero-order chi connectivity index (χ0) is 13.2. The summed E-state index contributed by atoms with van der Waals surface area (Å²) in [5.74, 6) is -0.875. The van der Waals surface area contributed by atoms with Gasteiger partial charge in [0.05, 0.1) is 19.1 Å². The highest BCUT2D eigenvalue weighted by atomic mass is 16.5. The van der Waals surface area contributed by atoms with Gasteiger partial charge < -0.3 is 20.5 Å². The van der Waals surface area contributed by atoms with Crippen molar-refractivity contribution in [2.45, 2.75) is 43.7 Å². The molecule has 1 unspecified atom stereocenters. The van der Waals surface area contributed by atoms with Crippen LogP contribution in [0, 0.1) is 0 Å². The van der Waals surface area contributed by atoms with Gasteiger partial charge in [-0.15, -0.1) is 0 Å². The number of hydrogen-bond acceptors (Lipinski definition) is 4. The normalized spacial score (nSPS) is 26.5. The van der Waals surface area contributed by atoms with Crippen LogP contribution < -0.4 is 5.73 Å². The smallest absolute Gasteiger partial charge is 0.306 e. The number of carbonyl (C=O) groups is 2. The van der Waals surface area contributed by atoms with E-state index >= 15 is 0 Å². The molecule has 2 aliphatic rings. The first-order valence-electron chi connectivity index (χ1n) is 6.39. The van der Waals surface area contributed by atoms with Crippen LogP contribution in [0.2, 0.25) is 0 Å². The van der Waals surface area contributed by atoms with Gasteiger partial charge in [-0.05, 0) is 19.3 Å². The number of morpholine rings is 1. The van der Waals surface area contributed by atoms with Gasteiger partial charge in [-0.25, -0.2) is 0 Å². The van der Waals surface area contributed by atoms with E-state index in [1.54, 1.807) is 4.90 Å². The number of amides is 1. The lowest BCUT2D eigenvalue weighted by Crippen LogP contribution is -2.53. The van der Waals surface area contributed by atoms with Gasteiger partial charge in [0.2, 0.25) is 5.91 Å². The number of carboxylic acids is 1. The molecule has 0 aromatic heterocycles. The van der Waals surface area contributed by atoms with Crippen LogP contribution in [0.5, 0.6) is 0 Å². The van der Waals surface area contributed by atoms with Gasteiger partial charge in [-0.3, -0.25) is 9.59 Å². The van der Waals surface area contributed by atoms with Crippen molar-refractivity contribution in [1.29, 1.82) is 0 Å². The predicted molar refractivity (Wildman–Crippen MR) is 64.0 cm³/mol. The minimum Gasteiger partial charge on any atom is -0.481 e. The predicted octanol–water partition coefficient (Wildman–Crippen LogP) is -0.0400. The second-order valence-electron chi connectivity index (χ2n) is 5.32. The molecule has 0 bridgehead atoms. The second kappa shape index (κ2) is 5.24. The molecular formula is C12H20N2O4. The Morgan fingerprint density at radius 2 is 2.17 bits per heavy atom. The molecule has 1 saturated heterocycles. The molecule has 0 aromatic carbocycles. The van der Waals surface area contributed by atoms with E-state index in [4.69, 9.17) is 15.6 Å². The Morgan fingerprint density at radius 3 is 2.72 bits per heavy atom. The topological polar surface area (TPSA) is 92.9 Å². The number of hydrogen-bond donors (Lipinski definition) is 2. The summed E-state index contributed by atoms with van der Waals surface area (Å²) in [5, 5.41) is 8.72. The highest BCUT2D eigenvalue weighted by molar-refractivity contribution is 5.78. The molecule has 6 heteroatoms. The molecule has 1 heterocycles.